The summed E-state index contributed by atoms with van der Waals surface area (Å²) in [7, 11) is -2.22. The number of allylic oxidation sites excluding steroid dienone is 4. The molecule has 0 saturated heterocycles. The number of hydrogen-bond acceptors (Lipinski definition) is 6. The van der Waals surface area contributed by atoms with Crippen molar-refractivity contribution in [3.05, 3.63) is 60.2 Å². The normalized spacial score (nSPS) is 15.1. The summed E-state index contributed by atoms with van der Waals surface area (Å²) in [4.78, 5) is 20.3. The highest BCUT2D eigenvalue weighted by atomic mass is 32.2. The molecule has 0 aliphatic heterocycles. The summed E-state index contributed by atoms with van der Waals surface area (Å²) in [6.07, 6.45) is 8.76. The van der Waals surface area contributed by atoms with Gasteiger partial charge in [0, 0.05) is 23.7 Å². The molecule has 8 heteroatoms. The van der Waals surface area contributed by atoms with Crippen LogP contribution in [0, 0.1) is 5.41 Å². The monoisotopic (exact) mass is 377 g/mol. The van der Waals surface area contributed by atoms with Crippen LogP contribution in [0.2, 0.25) is 0 Å². The molecule has 1 amide bonds. The third-order valence-corrected chi connectivity index (χ3v) is 4.76. The Morgan fingerprint density at radius 2 is 1.69 bits per heavy atom. The van der Waals surface area contributed by atoms with Gasteiger partial charge in [-0.2, -0.15) is 0 Å². The number of rotatable bonds is 5. The van der Waals surface area contributed by atoms with Gasteiger partial charge in [-0.15, -0.1) is 0 Å². The molecule has 140 valence electrons. The standard InChI is InChI=1S/C17H21N3O3S.CH2O/c1-17(2)11-4-5-13(10-12-17)16(21)20-24(22,23)15-8-6-14(7-9-15)19-18-3;1-2/h4-12,18-19H,1-3H3,(H,20,21);1H2. The Labute approximate surface area is 153 Å². The Kier molecular flexibility index (Phi) is 7.48. The lowest BCUT2D eigenvalue weighted by molar-refractivity contribution is -0.115. The van der Waals surface area contributed by atoms with Crippen LogP contribution in [0.1, 0.15) is 13.8 Å². The number of carbonyl (C=O) groups excluding carboxylic acids is 2. The van der Waals surface area contributed by atoms with E-state index in [2.05, 4.69) is 15.6 Å². The first kappa shape index (κ1) is 21.3. The number of hydrazine groups is 1. The van der Waals surface area contributed by atoms with Crippen molar-refractivity contribution >= 4 is 28.4 Å². The Morgan fingerprint density at radius 3 is 2.27 bits per heavy atom. The van der Waals surface area contributed by atoms with Crippen molar-refractivity contribution in [1.29, 1.82) is 0 Å². The van der Waals surface area contributed by atoms with E-state index in [1.54, 1.807) is 37.4 Å². The summed E-state index contributed by atoms with van der Waals surface area (Å²) in [5.41, 5.74) is 6.39. The highest BCUT2D eigenvalue weighted by molar-refractivity contribution is 7.90. The number of anilines is 1. The lowest BCUT2D eigenvalue weighted by Gasteiger charge is -2.12. The first-order valence-corrected chi connectivity index (χ1v) is 9.19. The molecule has 0 unspecified atom stereocenters. The average Bonchev–Trinajstić information content (AvgIpc) is 2.78. The van der Waals surface area contributed by atoms with Gasteiger partial charge in [0.15, 0.2) is 0 Å². The average molecular weight is 377 g/mol. The number of sulfonamides is 1. The fraction of sp³-hybridized carbons (Fsp3) is 0.222. The summed E-state index contributed by atoms with van der Waals surface area (Å²) in [6, 6.07) is 6.06. The summed E-state index contributed by atoms with van der Waals surface area (Å²) in [5, 5.41) is 0. The van der Waals surface area contributed by atoms with Crippen molar-refractivity contribution in [1.82, 2.24) is 10.1 Å². The Morgan fingerprint density at radius 1 is 1.08 bits per heavy atom. The van der Waals surface area contributed by atoms with E-state index in [1.165, 1.54) is 12.1 Å². The third-order valence-electron chi connectivity index (χ3n) is 3.42. The molecular weight excluding hydrogens is 354 g/mol. The fourth-order valence-corrected chi connectivity index (χ4v) is 3.04. The second-order valence-electron chi connectivity index (χ2n) is 5.97. The van der Waals surface area contributed by atoms with Gasteiger partial charge in [-0.1, -0.05) is 38.2 Å². The van der Waals surface area contributed by atoms with Crippen LogP contribution in [0.5, 0.6) is 0 Å². The summed E-state index contributed by atoms with van der Waals surface area (Å²) >= 11 is 0. The number of nitrogens with one attached hydrogen (secondary N) is 3. The zero-order chi connectivity index (χ0) is 19.8. The molecule has 0 atom stereocenters. The molecule has 1 aromatic rings. The zero-order valence-electron chi connectivity index (χ0n) is 14.9. The molecule has 0 fully saturated rings. The van der Waals surface area contributed by atoms with Crippen LogP contribution in [0.4, 0.5) is 5.69 Å². The predicted octanol–water partition coefficient (Wildman–Crippen LogP) is 1.93. The van der Waals surface area contributed by atoms with E-state index >= 15 is 0 Å². The predicted molar refractivity (Wildman–Crippen MR) is 102 cm³/mol. The molecule has 1 aromatic carbocycles. The van der Waals surface area contributed by atoms with Crippen LogP contribution in [0.3, 0.4) is 0 Å². The van der Waals surface area contributed by atoms with Gasteiger partial charge in [-0.05, 0) is 30.3 Å². The zero-order valence-corrected chi connectivity index (χ0v) is 15.8. The van der Waals surface area contributed by atoms with Gasteiger partial charge >= 0.3 is 0 Å². The van der Waals surface area contributed by atoms with Crippen LogP contribution in [-0.4, -0.2) is 28.2 Å². The van der Waals surface area contributed by atoms with Crippen molar-refractivity contribution in [3.63, 3.8) is 0 Å². The Hall–Kier alpha value is -2.71. The van der Waals surface area contributed by atoms with Gasteiger partial charge in [0.1, 0.15) is 6.79 Å². The molecule has 0 heterocycles. The van der Waals surface area contributed by atoms with Crippen molar-refractivity contribution in [2.45, 2.75) is 18.7 Å². The van der Waals surface area contributed by atoms with Crippen LogP contribution in [-0.2, 0) is 19.6 Å². The molecule has 7 nitrogen and oxygen atoms in total. The molecule has 0 bridgehead atoms. The second-order valence-corrected chi connectivity index (χ2v) is 7.65. The summed E-state index contributed by atoms with van der Waals surface area (Å²) in [6.45, 7) is 5.98. The number of hydrogen-bond donors (Lipinski definition) is 3. The lowest BCUT2D eigenvalue weighted by atomic mass is 9.93. The first-order chi connectivity index (χ1) is 12.2. The third kappa shape index (κ3) is 5.98. The maximum atomic E-state index is 12.3. The number of amides is 1. The van der Waals surface area contributed by atoms with E-state index in [0.717, 1.165) is 0 Å². The molecule has 26 heavy (non-hydrogen) atoms. The minimum atomic E-state index is -3.93. The van der Waals surface area contributed by atoms with Crippen molar-refractivity contribution in [2.24, 2.45) is 5.41 Å². The minimum absolute atomic E-state index is 0.0200. The van der Waals surface area contributed by atoms with Crippen LogP contribution >= 0.6 is 0 Å². The largest absolute Gasteiger partial charge is 0.322 e. The second kappa shape index (κ2) is 9.12. The van der Waals surface area contributed by atoms with Crippen molar-refractivity contribution < 1.29 is 18.0 Å². The molecular formula is C18H23N3O4S. The van der Waals surface area contributed by atoms with E-state index in [0.29, 0.717) is 5.69 Å². The highest BCUT2D eigenvalue weighted by Gasteiger charge is 2.20. The summed E-state index contributed by atoms with van der Waals surface area (Å²) < 4.78 is 26.8. The van der Waals surface area contributed by atoms with Gasteiger partial charge in [-0.25, -0.2) is 18.6 Å². The van der Waals surface area contributed by atoms with E-state index in [1.807, 2.05) is 32.8 Å². The molecule has 1 aliphatic carbocycles. The molecule has 0 aromatic heterocycles. The van der Waals surface area contributed by atoms with E-state index in [9.17, 15) is 13.2 Å². The van der Waals surface area contributed by atoms with E-state index in [4.69, 9.17) is 4.79 Å². The van der Waals surface area contributed by atoms with Crippen LogP contribution in [0.15, 0.2) is 65.1 Å². The molecule has 0 radical (unpaired) electrons. The molecule has 0 spiro atoms. The van der Waals surface area contributed by atoms with E-state index in [-0.39, 0.29) is 15.9 Å². The van der Waals surface area contributed by atoms with Gasteiger partial charge in [0.25, 0.3) is 15.9 Å². The smallest absolute Gasteiger partial charge is 0.264 e. The molecule has 3 N–H and O–H groups in total. The molecule has 0 saturated carbocycles. The van der Waals surface area contributed by atoms with Crippen LogP contribution < -0.4 is 15.6 Å². The van der Waals surface area contributed by atoms with Gasteiger partial charge in [0.2, 0.25) is 0 Å². The maximum absolute atomic E-state index is 12.3. The van der Waals surface area contributed by atoms with Gasteiger partial charge in [-0.3, -0.25) is 4.79 Å². The Balaban J connectivity index is 0.00000163. The fourth-order valence-electron chi connectivity index (χ4n) is 2.07. The highest BCUT2D eigenvalue weighted by Crippen LogP contribution is 2.23. The van der Waals surface area contributed by atoms with E-state index < -0.39 is 15.9 Å². The first-order valence-electron chi connectivity index (χ1n) is 7.71. The quantitative estimate of drug-likeness (QED) is 0.678. The topological polar surface area (TPSA) is 104 Å². The Bertz CT molecular complexity index is 822. The number of carbonyl (C=O) groups is 2. The number of benzene rings is 1. The van der Waals surface area contributed by atoms with Crippen molar-refractivity contribution in [2.75, 3.05) is 12.5 Å². The SMILES string of the molecule is C=O.CNNc1ccc(S(=O)(=O)NC(=O)C2=CC=CC(C)(C)C=C2)cc1. The lowest BCUT2D eigenvalue weighted by Crippen LogP contribution is -2.31. The van der Waals surface area contributed by atoms with Crippen LogP contribution in [0.25, 0.3) is 0 Å². The maximum Gasteiger partial charge on any atom is 0.264 e. The summed E-state index contributed by atoms with van der Waals surface area (Å²) in [5.74, 6) is -0.661. The van der Waals surface area contributed by atoms with Crippen molar-refractivity contribution in [3.8, 4) is 0 Å². The molecule has 2 rings (SSSR count). The molecule has 1 aliphatic rings. The van der Waals surface area contributed by atoms with Gasteiger partial charge in [0.05, 0.1) is 4.90 Å². The minimum Gasteiger partial charge on any atom is -0.322 e. The van der Waals surface area contributed by atoms with Gasteiger partial charge < -0.3 is 10.2 Å².